The number of nitrogens with zero attached hydrogens (tertiary/aromatic N) is 3. The van der Waals surface area contributed by atoms with Crippen LogP contribution in [-0.4, -0.2) is 28.4 Å². The van der Waals surface area contributed by atoms with Crippen molar-refractivity contribution in [2.45, 2.75) is 26.3 Å². The molecule has 30 heavy (non-hydrogen) atoms. The van der Waals surface area contributed by atoms with E-state index in [1.165, 1.54) is 5.52 Å². The molecule has 0 radical (unpaired) electrons. The highest BCUT2D eigenvalue weighted by molar-refractivity contribution is 6.01. The summed E-state index contributed by atoms with van der Waals surface area (Å²) in [6, 6.07) is 15.9. The fourth-order valence-corrected chi connectivity index (χ4v) is 3.78. The molecule has 0 saturated heterocycles. The van der Waals surface area contributed by atoms with Gasteiger partial charge in [-0.05, 0) is 36.8 Å². The first-order valence-corrected chi connectivity index (χ1v) is 10.2. The van der Waals surface area contributed by atoms with Gasteiger partial charge in [0.1, 0.15) is 11.4 Å². The van der Waals surface area contributed by atoms with E-state index in [9.17, 15) is 4.79 Å². The molecule has 4 rings (SSSR count). The van der Waals surface area contributed by atoms with Crippen LogP contribution in [0.2, 0.25) is 0 Å². The number of rotatable bonds is 7. The van der Waals surface area contributed by atoms with Gasteiger partial charge in [0, 0.05) is 47.2 Å². The summed E-state index contributed by atoms with van der Waals surface area (Å²) in [6.45, 7) is 3.16. The molecule has 2 heterocycles. The van der Waals surface area contributed by atoms with Crippen molar-refractivity contribution in [3.05, 3.63) is 66.0 Å². The molecular formula is C24H26N4O2. The summed E-state index contributed by atoms with van der Waals surface area (Å²) in [7, 11) is 3.50. The standard InChI is InChI=1S/C24H26N4O2/c1-4-5-12-28-16-18(20-8-6-7-9-22(20)28)15-25-26-24(29)23-14-17-13-19(30-3)10-11-21(17)27(23)2/h6-11,13-16H,4-5,12H2,1-3H3,(H,26,29)/b25-15-. The molecule has 0 saturated carbocycles. The first-order chi connectivity index (χ1) is 14.6. The predicted molar refractivity (Wildman–Crippen MR) is 121 cm³/mol. The summed E-state index contributed by atoms with van der Waals surface area (Å²) >= 11 is 0. The number of fused-ring (bicyclic) bond motifs is 2. The molecule has 0 aliphatic rings. The Labute approximate surface area is 175 Å². The molecule has 6 nitrogen and oxygen atoms in total. The molecule has 4 aromatic rings. The molecule has 6 heteroatoms. The number of amides is 1. The van der Waals surface area contributed by atoms with Crippen LogP contribution in [0.15, 0.2) is 59.8 Å². The van der Waals surface area contributed by atoms with Crippen molar-refractivity contribution in [3.8, 4) is 5.75 Å². The summed E-state index contributed by atoms with van der Waals surface area (Å²) in [5, 5.41) is 6.31. The lowest BCUT2D eigenvalue weighted by Crippen LogP contribution is -2.20. The summed E-state index contributed by atoms with van der Waals surface area (Å²) in [4.78, 5) is 12.7. The van der Waals surface area contributed by atoms with Crippen molar-refractivity contribution >= 4 is 33.9 Å². The van der Waals surface area contributed by atoms with Gasteiger partial charge in [-0.2, -0.15) is 5.10 Å². The zero-order valence-corrected chi connectivity index (χ0v) is 17.6. The molecule has 0 aliphatic carbocycles. The van der Waals surface area contributed by atoms with Gasteiger partial charge in [0.25, 0.3) is 5.91 Å². The van der Waals surface area contributed by atoms with Gasteiger partial charge in [-0.15, -0.1) is 0 Å². The SMILES string of the molecule is CCCCn1cc(/C=N\NC(=O)c2cc3cc(OC)ccc3n2C)c2ccccc21. The van der Waals surface area contributed by atoms with E-state index in [0.29, 0.717) is 5.69 Å². The Hall–Kier alpha value is -3.54. The second-order valence-electron chi connectivity index (χ2n) is 7.36. The highest BCUT2D eigenvalue weighted by Crippen LogP contribution is 2.24. The third kappa shape index (κ3) is 3.68. The van der Waals surface area contributed by atoms with E-state index in [-0.39, 0.29) is 5.91 Å². The molecule has 2 aromatic heterocycles. The number of para-hydroxylation sites is 1. The normalized spacial score (nSPS) is 11.6. The number of benzene rings is 2. The van der Waals surface area contributed by atoms with Crippen LogP contribution in [0, 0.1) is 0 Å². The Bertz CT molecular complexity index is 1230. The minimum Gasteiger partial charge on any atom is -0.497 e. The first-order valence-electron chi connectivity index (χ1n) is 10.2. The minimum absolute atomic E-state index is 0.251. The van der Waals surface area contributed by atoms with E-state index in [2.05, 4.69) is 40.3 Å². The number of hydrogen-bond donors (Lipinski definition) is 1. The maximum absolute atomic E-state index is 12.7. The molecule has 0 unspecified atom stereocenters. The smallest absolute Gasteiger partial charge is 0.287 e. The average Bonchev–Trinajstić information content (AvgIpc) is 3.29. The zero-order valence-electron chi connectivity index (χ0n) is 17.6. The number of hydrogen-bond acceptors (Lipinski definition) is 3. The number of nitrogens with one attached hydrogen (secondary N) is 1. The number of carbonyl (C=O) groups is 1. The van der Waals surface area contributed by atoms with E-state index in [4.69, 9.17) is 4.74 Å². The third-order valence-electron chi connectivity index (χ3n) is 5.42. The predicted octanol–water partition coefficient (Wildman–Crippen LogP) is 4.71. The highest BCUT2D eigenvalue weighted by atomic mass is 16.5. The quantitative estimate of drug-likeness (QED) is 0.360. The van der Waals surface area contributed by atoms with Crippen molar-refractivity contribution in [1.29, 1.82) is 0 Å². The van der Waals surface area contributed by atoms with Gasteiger partial charge in [0.2, 0.25) is 0 Å². The molecule has 1 amide bonds. The molecule has 0 atom stereocenters. The summed E-state index contributed by atoms with van der Waals surface area (Å²) in [5.74, 6) is 0.510. The van der Waals surface area contributed by atoms with Crippen molar-refractivity contribution in [2.75, 3.05) is 7.11 Å². The van der Waals surface area contributed by atoms with Crippen molar-refractivity contribution in [3.63, 3.8) is 0 Å². The van der Waals surface area contributed by atoms with Gasteiger partial charge >= 0.3 is 0 Å². The first kappa shape index (κ1) is 19.8. The maximum Gasteiger partial charge on any atom is 0.287 e. The Kier molecular flexibility index (Phi) is 5.57. The number of unbranched alkanes of at least 4 members (excludes halogenated alkanes) is 1. The van der Waals surface area contributed by atoms with Gasteiger partial charge in [-0.1, -0.05) is 31.5 Å². The van der Waals surface area contributed by atoms with Crippen LogP contribution in [0.3, 0.4) is 0 Å². The van der Waals surface area contributed by atoms with Crippen LogP contribution in [0.5, 0.6) is 5.75 Å². The van der Waals surface area contributed by atoms with Crippen molar-refractivity contribution in [2.24, 2.45) is 12.1 Å². The van der Waals surface area contributed by atoms with E-state index < -0.39 is 0 Å². The fraction of sp³-hybridized carbons (Fsp3) is 0.250. The monoisotopic (exact) mass is 402 g/mol. The minimum atomic E-state index is -0.251. The van der Waals surface area contributed by atoms with Crippen molar-refractivity contribution in [1.82, 2.24) is 14.6 Å². The van der Waals surface area contributed by atoms with E-state index in [1.807, 2.05) is 48.0 Å². The highest BCUT2D eigenvalue weighted by Gasteiger charge is 2.13. The molecule has 154 valence electrons. The Morgan fingerprint density at radius 2 is 2.00 bits per heavy atom. The lowest BCUT2D eigenvalue weighted by molar-refractivity contribution is 0.0947. The van der Waals surface area contributed by atoms with Crippen LogP contribution in [0.4, 0.5) is 0 Å². The van der Waals surface area contributed by atoms with Crippen LogP contribution >= 0.6 is 0 Å². The largest absolute Gasteiger partial charge is 0.497 e. The van der Waals surface area contributed by atoms with Crippen LogP contribution in [0.1, 0.15) is 35.8 Å². The Balaban J connectivity index is 1.56. The topological polar surface area (TPSA) is 60.6 Å². The molecule has 0 aliphatic heterocycles. The molecule has 1 N–H and O–H groups in total. The van der Waals surface area contributed by atoms with Crippen LogP contribution in [0.25, 0.3) is 21.8 Å². The second-order valence-corrected chi connectivity index (χ2v) is 7.36. The number of carbonyl (C=O) groups excluding carboxylic acids is 1. The summed E-state index contributed by atoms with van der Waals surface area (Å²) < 4.78 is 9.38. The zero-order chi connectivity index (χ0) is 21.1. The molecule has 2 aromatic carbocycles. The molecule has 0 bridgehead atoms. The fourth-order valence-electron chi connectivity index (χ4n) is 3.78. The van der Waals surface area contributed by atoms with E-state index >= 15 is 0 Å². The van der Waals surface area contributed by atoms with Gasteiger partial charge in [0.15, 0.2) is 0 Å². The third-order valence-corrected chi connectivity index (χ3v) is 5.42. The number of hydrazone groups is 1. The van der Waals surface area contributed by atoms with Crippen LogP contribution < -0.4 is 10.2 Å². The van der Waals surface area contributed by atoms with Gasteiger partial charge < -0.3 is 13.9 Å². The van der Waals surface area contributed by atoms with E-state index in [0.717, 1.165) is 47.0 Å². The van der Waals surface area contributed by atoms with Crippen LogP contribution in [-0.2, 0) is 13.6 Å². The summed E-state index contributed by atoms with van der Waals surface area (Å²) in [5.41, 5.74) is 6.34. The molecule has 0 fully saturated rings. The number of ether oxygens (including phenoxy) is 1. The lowest BCUT2D eigenvalue weighted by atomic mass is 10.2. The maximum atomic E-state index is 12.7. The second kappa shape index (κ2) is 8.45. The van der Waals surface area contributed by atoms with Gasteiger partial charge in [-0.25, -0.2) is 5.43 Å². The van der Waals surface area contributed by atoms with E-state index in [1.54, 1.807) is 13.3 Å². The average molecular weight is 402 g/mol. The Morgan fingerprint density at radius 1 is 1.17 bits per heavy atom. The summed E-state index contributed by atoms with van der Waals surface area (Å²) in [6.07, 6.45) is 6.08. The van der Waals surface area contributed by atoms with Gasteiger partial charge in [-0.3, -0.25) is 4.79 Å². The number of methoxy groups -OCH3 is 1. The molecule has 0 spiro atoms. The van der Waals surface area contributed by atoms with Crippen molar-refractivity contribution < 1.29 is 9.53 Å². The Morgan fingerprint density at radius 3 is 2.80 bits per heavy atom. The molecular weight excluding hydrogens is 376 g/mol. The number of aryl methyl sites for hydroxylation is 2. The van der Waals surface area contributed by atoms with Gasteiger partial charge in [0.05, 0.1) is 13.3 Å². The lowest BCUT2D eigenvalue weighted by Gasteiger charge is -2.03. The number of aromatic nitrogens is 2.